The molecule has 0 aliphatic heterocycles. The summed E-state index contributed by atoms with van der Waals surface area (Å²) in [5.74, 6) is -2.02. The van der Waals surface area contributed by atoms with Crippen LogP contribution in [0, 0.1) is 5.92 Å². The molecule has 0 saturated heterocycles. The zero-order chi connectivity index (χ0) is 17.5. The predicted octanol–water partition coefficient (Wildman–Crippen LogP) is 2.99. The van der Waals surface area contributed by atoms with Crippen LogP contribution in [0.2, 0.25) is 5.02 Å². The van der Waals surface area contributed by atoms with E-state index in [-0.39, 0.29) is 4.90 Å². The van der Waals surface area contributed by atoms with Gasteiger partial charge in [0.1, 0.15) is 5.75 Å². The van der Waals surface area contributed by atoms with Gasteiger partial charge in [-0.05, 0) is 42.0 Å². The molecule has 3 atom stereocenters. The van der Waals surface area contributed by atoms with Crippen LogP contribution in [0.1, 0.15) is 11.5 Å². The van der Waals surface area contributed by atoms with Crippen LogP contribution in [-0.4, -0.2) is 31.9 Å². The minimum absolute atomic E-state index is 0.0826. The molecule has 0 unspecified atom stereocenters. The monoisotopic (exact) mass is 366 g/mol. The van der Waals surface area contributed by atoms with Crippen molar-refractivity contribution in [1.29, 1.82) is 0 Å². The zero-order valence-electron chi connectivity index (χ0n) is 12.7. The van der Waals surface area contributed by atoms with E-state index in [1.807, 2.05) is 0 Å². The molecule has 24 heavy (non-hydrogen) atoms. The van der Waals surface area contributed by atoms with Gasteiger partial charge in [0.15, 0.2) is 9.84 Å². The Morgan fingerprint density at radius 1 is 1.08 bits per heavy atom. The number of ether oxygens (including phenoxy) is 1. The first-order chi connectivity index (χ1) is 11.4. The van der Waals surface area contributed by atoms with Crippen LogP contribution in [0.15, 0.2) is 53.4 Å². The number of carboxylic acid groups (broad SMARTS) is 1. The minimum atomic E-state index is -3.76. The van der Waals surface area contributed by atoms with Gasteiger partial charge in [-0.25, -0.2) is 8.42 Å². The van der Waals surface area contributed by atoms with Crippen molar-refractivity contribution in [3.8, 4) is 5.75 Å². The van der Waals surface area contributed by atoms with E-state index < -0.39 is 32.9 Å². The molecule has 5 nitrogen and oxygen atoms in total. The lowest BCUT2D eigenvalue weighted by atomic mass is 10.1. The summed E-state index contributed by atoms with van der Waals surface area (Å²) in [6.45, 7) is 0. The Labute approximate surface area is 144 Å². The van der Waals surface area contributed by atoms with E-state index in [9.17, 15) is 18.3 Å². The fraction of sp³-hybridized carbons (Fsp3) is 0.235. The molecular formula is C17H15ClO5S. The van der Waals surface area contributed by atoms with E-state index >= 15 is 0 Å². The fourth-order valence-corrected chi connectivity index (χ4v) is 5.22. The van der Waals surface area contributed by atoms with Gasteiger partial charge in [0.25, 0.3) is 0 Å². The molecule has 126 valence electrons. The largest absolute Gasteiger partial charge is 0.497 e. The van der Waals surface area contributed by atoms with Crippen molar-refractivity contribution in [1.82, 2.24) is 0 Å². The van der Waals surface area contributed by atoms with Gasteiger partial charge in [-0.15, -0.1) is 0 Å². The predicted molar refractivity (Wildman–Crippen MR) is 89.3 cm³/mol. The molecule has 1 aliphatic rings. The molecule has 1 aliphatic carbocycles. The van der Waals surface area contributed by atoms with Crippen molar-refractivity contribution in [2.24, 2.45) is 5.92 Å². The highest BCUT2D eigenvalue weighted by atomic mass is 35.5. The topological polar surface area (TPSA) is 80.7 Å². The van der Waals surface area contributed by atoms with Crippen LogP contribution in [0.5, 0.6) is 5.75 Å². The Kier molecular flexibility index (Phi) is 4.27. The summed E-state index contributed by atoms with van der Waals surface area (Å²) in [4.78, 5) is 11.6. The van der Waals surface area contributed by atoms with Crippen LogP contribution in [0.4, 0.5) is 0 Å². The van der Waals surface area contributed by atoms with Gasteiger partial charge in [-0.2, -0.15) is 0 Å². The second-order valence-electron chi connectivity index (χ2n) is 5.63. The van der Waals surface area contributed by atoms with E-state index in [1.165, 1.54) is 31.4 Å². The highest BCUT2D eigenvalue weighted by Gasteiger charge is 2.63. The highest BCUT2D eigenvalue weighted by molar-refractivity contribution is 7.92. The average molecular weight is 367 g/mol. The highest BCUT2D eigenvalue weighted by Crippen LogP contribution is 2.54. The van der Waals surface area contributed by atoms with Crippen molar-refractivity contribution in [2.75, 3.05) is 7.11 Å². The van der Waals surface area contributed by atoms with Gasteiger partial charge in [0, 0.05) is 10.9 Å². The van der Waals surface area contributed by atoms with Crippen molar-refractivity contribution >= 4 is 27.4 Å². The molecule has 0 aromatic heterocycles. The first kappa shape index (κ1) is 16.8. The maximum Gasteiger partial charge on any atom is 0.308 e. The third kappa shape index (κ3) is 2.87. The van der Waals surface area contributed by atoms with Gasteiger partial charge in [-0.3, -0.25) is 4.79 Å². The number of sulfone groups is 1. The Morgan fingerprint density at radius 3 is 2.17 bits per heavy atom. The fourth-order valence-electron chi connectivity index (χ4n) is 2.97. The lowest BCUT2D eigenvalue weighted by Crippen LogP contribution is -2.13. The first-order valence-electron chi connectivity index (χ1n) is 7.22. The number of methoxy groups -OCH3 is 1. The summed E-state index contributed by atoms with van der Waals surface area (Å²) >= 11 is 5.79. The van der Waals surface area contributed by atoms with Crippen LogP contribution in [0.25, 0.3) is 0 Å². The SMILES string of the molecule is COc1ccc([C@@H]2[C@@H](C(=O)O)[C@H]2S(=O)(=O)c2ccc(Cl)cc2)cc1. The van der Waals surface area contributed by atoms with Crippen molar-refractivity contribution < 1.29 is 23.1 Å². The van der Waals surface area contributed by atoms with Crippen molar-refractivity contribution in [3.05, 3.63) is 59.1 Å². The van der Waals surface area contributed by atoms with Gasteiger partial charge in [0.2, 0.25) is 0 Å². The van der Waals surface area contributed by atoms with Crippen molar-refractivity contribution in [2.45, 2.75) is 16.1 Å². The zero-order valence-corrected chi connectivity index (χ0v) is 14.3. The minimum Gasteiger partial charge on any atom is -0.497 e. The van der Waals surface area contributed by atoms with Gasteiger partial charge in [0.05, 0.1) is 23.2 Å². The molecule has 0 amide bonds. The number of rotatable bonds is 5. The summed E-state index contributed by atoms with van der Waals surface area (Å²) < 4.78 is 30.7. The second-order valence-corrected chi connectivity index (χ2v) is 8.17. The average Bonchev–Trinajstić information content (AvgIpc) is 3.32. The molecule has 0 spiro atoms. The number of hydrogen-bond acceptors (Lipinski definition) is 4. The Balaban J connectivity index is 1.96. The summed E-state index contributed by atoms with van der Waals surface area (Å²) in [6, 6.07) is 12.6. The van der Waals surface area contributed by atoms with E-state index in [0.29, 0.717) is 16.3 Å². The van der Waals surface area contributed by atoms with Crippen LogP contribution in [-0.2, 0) is 14.6 Å². The third-order valence-electron chi connectivity index (χ3n) is 4.24. The van der Waals surface area contributed by atoms with E-state index in [2.05, 4.69) is 0 Å². The molecule has 1 saturated carbocycles. The molecule has 3 rings (SSSR count). The van der Waals surface area contributed by atoms with Crippen LogP contribution in [0.3, 0.4) is 0 Å². The number of carbonyl (C=O) groups is 1. The third-order valence-corrected chi connectivity index (χ3v) is 6.72. The maximum atomic E-state index is 12.8. The lowest BCUT2D eigenvalue weighted by molar-refractivity contribution is -0.138. The molecule has 0 radical (unpaired) electrons. The van der Waals surface area contributed by atoms with Gasteiger partial charge < -0.3 is 9.84 Å². The lowest BCUT2D eigenvalue weighted by Gasteiger charge is -2.05. The van der Waals surface area contributed by atoms with E-state index in [4.69, 9.17) is 16.3 Å². The number of hydrogen-bond donors (Lipinski definition) is 1. The number of halogens is 1. The van der Waals surface area contributed by atoms with Gasteiger partial charge in [-0.1, -0.05) is 23.7 Å². The smallest absolute Gasteiger partial charge is 0.308 e. The van der Waals surface area contributed by atoms with Crippen LogP contribution >= 0.6 is 11.6 Å². The quantitative estimate of drug-likeness (QED) is 0.879. The molecule has 1 N–H and O–H groups in total. The summed E-state index contributed by atoms with van der Waals surface area (Å²) in [5.41, 5.74) is 0.672. The molecule has 0 heterocycles. The van der Waals surface area contributed by atoms with Gasteiger partial charge >= 0.3 is 5.97 Å². The first-order valence-corrected chi connectivity index (χ1v) is 9.15. The molecule has 2 aromatic rings. The molecule has 1 fully saturated rings. The van der Waals surface area contributed by atoms with E-state index in [0.717, 1.165) is 0 Å². The second kappa shape index (κ2) is 6.11. The molecular weight excluding hydrogens is 352 g/mol. The number of benzene rings is 2. The Hall–Kier alpha value is -2.05. The summed E-state index contributed by atoms with van der Waals surface area (Å²) in [6.07, 6.45) is 0. The van der Waals surface area contributed by atoms with E-state index in [1.54, 1.807) is 24.3 Å². The standard InChI is InChI=1S/C17H15ClO5S/c1-23-12-6-2-10(3-7-12)14-15(17(19)20)16(14)24(21,22)13-8-4-11(18)5-9-13/h2-9,14-16H,1H3,(H,19,20)/t14-,15-,16+/m1/s1. The summed E-state index contributed by atoms with van der Waals surface area (Å²) in [5, 5.41) is 8.84. The Morgan fingerprint density at radius 2 is 1.67 bits per heavy atom. The molecule has 0 bridgehead atoms. The maximum absolute atomic E-state index is 12.8. The number of carboxylic acids is 1. The summed E-state index contributed by atoms with van der Waals surface area (Å²) in [7, 11) is -2.23. The van der Waals surface area contributed by atoms with Crippen molar-refractivity contribution in [3.63, 3.8) is 0 Å². The Bertz CT molecular complexity index is 859. The molecule has 7 heteroatoms. The van der Waals surface area contributed by atoms with Crippen LogP contribution < -0.4 is 4.74 Å². The number of aliphatic carboxylic acids is 1. The normalized spacial score (nSPS) is 22.8. The molecule has 2 aromatic carbocycles.